The fourth-order valence-electron chi connectivity index (χ4n) is 3.49. The Hall–Kier alpha value is -1.81. The summed E-state index contributed by atoms with van der Waals surface area (Å²) in [4.78, 5) is 17.1. The minimum Gasteiger partial charge on any atom is -0.302 e. The normalized spacial score (nSPS) is 18.4. The summed E-state index contributed by atoms with van der Waals surface area (Å²) in [7, 11) is -3.55. The van der Waals surface area contributed by atoms with Crippen molar-refractivity contribution in [1.82, 2.24) is 9.29 Å². The van der Waals surface area contributed by atoms with Crippen LogP contribution in [0.15, 0.2) is 39.9 Å². The highest BCUT2D eigenvalue weighted by Gasteiger charge is 2.35. The molecule has 3 aromatic rings. The Balaban J connectivity index is 1.48. The van der Waals surface area contributed by atoms with Gasteiger partial charge in [0.2, 0.25) is 5.91 Å². The monoisotopic (exact) mass is 435 g/mol. The molecule has 1 saturated heterocycles. The van der Waals surface area contributed by atoms with Crippen molar-refractivity contribution in [1.29, 1.82) is 0 Å². The van der Waals surface area contributed by atoms with Gasteiger partial charge >= 0.3 is 0 Å². The van der Waals surface area contributed by atoms with Crippen LogP contribution < -0.4 is 5.32 Å². The second-order valence-electron chi connectivity index (χ2n) is 6.94. The smallest absolute Gasteiger partial charge is 0.252 e. The van der Waals surface area contributed by atoms with Crippen LogP contribution in [0.25, 0.3) is 10.2 Å². The van der Waals surface area contributed by atoms with Crippen LogP contribution in [0.2, 0.25) is 0 Å². The van der Waals surface area contributed by atoms with E-state index in [0.29, 0.717) is 22.3 Å². The van der Waals surface area contributed by atoms with Crippen LogP contribution in [0.3, 0.4) is 0 Å². The molecule has 1 aliphatic rings. The summed E-state index contributed by atoms with van der Waals surface area (Å²) in [6.07, 6.45) is 2.57. The zero-order valence-corrected chi connectivity index (χ0v) is 17.9. The second kappa shape index (κ2) is 7.90. The molecule has 4 rings (SSSR count). The van der Waals surface area contributed by atoms with Crippen LogP contribution >= 0.6 is 22.7 Å². The van der Waals surface area contributed by atoms with E-state index < -0.39 is 10.0 Å². The molecule has 2 aromatic heterocycles. The van der Waals surface area contributed by atoms with Gasteiger partial charge in [0, 0.05) is 19.0 Å². The molecule has 0 bridgehead atoms. The number of sulfonamides is 1. The number of hydrogen-bond donors (Lipinski definition) is 1. The predicted octanol–water partition coefficient (Wildman–Crippen LogP) is 4.24. The average molecular weight is 436 g/mol. The van der Waals surface area contributed by atoms with E-state index in [4.69, 9.17) is 0 Å². The number of carbonyl (C=O) groups is 1. The molecule has 9 heteroatoms. The highest BCUT2D eigenvalue weighted by atomic mass is 32.2. The predicted molar refractivity (Wildman–Crippen MR) is 113 cm³/mol. The Morgan fingerprint density at radius 3 is 2.96 bits per heavy atom. The van der Waals surface area contributed by atoms with Gasteiger partial charge in [0.05, 0.1) is 10.2 Å². The second-order valence-corrected chi connectivity index (χ2v) is 11.0. The molecular formula is C19H21N3O3S3. The molecule has 0 saturated carbocycles. The van der Waals surface area contributed by atoms with Crippen LogP contribution in [-0.2, 0) is 14.8 Å². The van der Waals surface area contributed by atoms with E-state index in [-0.39, 0.29) is 18.4 Å². The summed E-state index contributed by atoms with van der Waals surface area (Å²) in [5.41, 5.74) is 2.00. The Morgan fingerprint density at radius 1 is 1.32 bits per heavy atom. The lowest BCUT2D eigenvalue weighted by Crippen LogP contribution is -2.45. The summed E-state index contributed by atoms with van der Waals surface area (Å²) < 4.78 is 28.7. The molecule has 1 atom stereocenters. The molecule has 0 spiro atoms. The van der Waals surface area contributed by atoms with Crippen molar-refractivity contribution in [2.45, 2.75) is 42.9 Å². The summed E-state index contributed by atoms with van der Waals surface area (Å²) in [6.45, 7) is 2.47. The third-order valence-electron chi connectivity index (χ3n) is 4.84. The van der Waals surface area contributed by atoms with Gasteiger partial charge in [-0.15, -0.1) is 11.3 Å². The lowest BCUT2D eigenvalue weighted by atomic mass is 10.0. The number of benzene rings is 1. The topological polar surface area (TPSA) is 79.4 Å². The number of amides is 1. The van der Waals surface area contributed by atoms with E-state index in [1.54, 1.807) is 17.5 Å². The number of thiophene rings is 1. The standard InChI is InChI=1S/C19H21N3O3S3/c1-13-7-8-15-16(11-13)27-19(20-15)21-17(23)12-14-5-2-3-9-22(14)28(24,25)18-6-4-10-26-18/h4,6-8,10-11,14H,2-3,5,9,12H2,1H3,(H,20,21,23)/t14-/m0/s1. The maximum Gasteiger partial charge on any atom is 0.252 e. The first kappa shape index (κ1) is 19.5. The van der Waals surface area contributed by atoms with Crippen molar-refractivity contribution < 1.29 is 13.2 Å². The molecule has 1 fully saturated rings. The molecule has 0 unspecified atom stereocenters. The number of aromatic nitrogens is 1. The number of anilines is 1. The van der Waals surface area contributed by atoms with Crippen LogP contribution in [0.4, 0.5) is 5.13 Å². The number of aryl methyl sites for hydroxylation is 1. The fraction of sp³-hybridized carbons (Fsp3) is 0.368. The van der Waals surface area contributed by atoms with Crippen LogP contribution in [0.1, 0.15) is 31.2 Å². The quantitative estimate of drug-likeness (QED) is 0.650. The first-order valence-electron chi connectivity index (χ1n) is 9.16. The van der Waals surface area contributed by atoms with Crippen molar-refractivity contribution in [3.05, 3.63) is 41.3 Å². The fourth-order valence-corrected chi connectivity index (χ4v) is 7.28. The van der Waals surface area contributed by atoms with Crippen LogP contribution in [-0.4, -0.2) is 36.2 Å². The highest BCUT2D eigenvalue weighted by Crippen LogP contribution is 2.30. The minimum atomic E-state index is -3.55. The Kier molecular flexibility index (Phi) is 5.50. The van der Waals surface area contributed by atoms with Gasteiger partial charge in [-0.3, -0.25) is 4.79 Å². The van der Waals surface area contributed by atoms with Crippen LogP contribution in [0, 0.1) is 6.92 Å². The Bertz CT molecular complexity index is 1090. The Labute approximate surface area is 172 Å². The summed E-state index contributed by atoms with van der Waals surface area (Å²) in [6, 6.07) is 9.00. The number of piperidine rings is 1. The maximum absolute atomic E-state index is 12.9. The van der Waals surface area contributed by atoms with Crippen molar-refractivity contribution in [2.75, 3.05) is 11.9 Å². The van der Waals surface area contributed by atoms with Gasteiger partial charge in [-0.2, -0.15) is 4.31 Å². The maximum atomic E-state index is 12.9. The number of nitrogens with zero attached hydrogens (tertiary/aromatic N) is 2. The van der Waals surface area contributed by atoms with Gasteiger partial charge in [0.15, 0.2) is 5.13 Å². The van der Waals surface area contributed by atoms with E-state index in [9.17, 15) is 13.2 Å². The molecule has 28 heavy (non-hydrogen) atoms. The molecule has 1 amide bonds. The number of nitrogens with one attached hydrogen (secondary N) is 1. The van der Waals surface area contributed by atoms with Crippen molar-refractivity contribution in [2.24, 2.45) is 0 Å². The van der Waals surface area contributed by atoms with Crippen molar-refractivity contribution >= 4 is 54.0 Å². The molecule has 0 aliphatic carbocycles. The molecule has 3 heterocycles. The van der Waals surface area contributed by atoms with Gasteiger partial charge in [-0.05, 0) is 48.9 Å². The van der Waals surface area contributed by atoms with Gasteiger partial charge in [0.25, 0.3) is 10.0 Å². The van der Waals surface area contributed by atoms with E-state index >= 15 is 0 Å². The van der Waals surface area contributed by atoms with Gasteiger partial charge in [-0.25, -0.2) is 13.4 Å². The average Bonchev–Trinajstić information content (AvgIpc) is 3.31. The van der Waals surface area contributed by atoms with Crippen LogP contribution in [0.5, 0.6) is 0 Å². The Morgan fingerprint density at radius 2 is 2.18 bits per heavy atom. The van der Waals surface area contributed by atoms with E-state index in [1.165, 1.54) is 27.0 Å². The highest BCUT2D eigenvalue weighted by molar-refractivity contribution is 7.91. The zero-order chi connectivity index (χ0) is 19.7. The molecule has 1 aromatic carbocycles. The summed E-state index contributed by atoms with van der Waals surface area (Å²) in [5.74, 6) is -0.200. The van der Waals surface area contributed by atoms with Gasteiger partial charge in [0.1, 0.15) is 4.21 Å². The molecule has 148 valence electrons. The number of thiazole rings is 1. The lowest BCUT2D eigenvalue weighted by Gasteiger charge is -2.33. The van der Waals surface area contributed by atoms with Gasteiger partial charge < -0.3 is 5.32 Å². The van der Waals surface area contributed by atoms with Crippen molar-refractivity contribution in [3.63, 3.8) is 0 Å². The van der Waals surface area contributed by atoms with E-state index in [1.807, 2.05) is 25.1 Å². The number of hydrogen-bond acceptors (Lipinski definition) is 6. The summed E-state index contributed by atoms with van der Waals surface area (Å²) in [5, 5.41) is 5.16. The zero-order valence-electron chi connectivity index (χ0n) is 15.4. The van der Waals surface area contributed by atoms with Gasteiger partial charge in [-0.1, -0.05) is 29.9 Å². The molecular weight excluding hydrogens is 414 g/mol. The first-order valence-corrected chi connectivity index (χ1v) is 12.3. The third-order valence-corrected chi connectivity index (χ3v) is 9.10. The molecule has 1 N–H and O–H groups in total. The number of carbonyl (C=O) groups excluding carboxylic acids is 1. The number of rotatable bonds is 5. The summed E-state index contributed by atoms with van der Waals surface area (Å²) >= 11 is 2.64. The molecule has 1 aliphatic heterocycles. The number of fused-ring (bicyclic) bond motifs is 1. The first-order chi connectivity index (χ1) is 13.4. The van der Waals surface area contributed by atoms with E-state index in [2.05, 4.69) is 10.3 Å². The molecule has 0 radical (unpaired) electrons. The third kappa shape index (κ3) is 3.98. The SMILES string of the molecule is Cc1ccc2nc(NC(=O)C[C@@H]3CCCCN3S(=O)(=O)c3cccs3)sc2c1. The van der Waals surface area contributed by atoms with E-state index in [0.717, 1.165) is 28.6 Å². The van der Waals surface area contributed by atoms with Crippen molar-refractivity contribution in [3.8, 4) is 0 Å². The lowest BCUT2D eigenvalue weighted by molar-refractivity contribution is -0.117. The molecule has 6 nitrogen and oxygen atoms in total. The largest absolute Gasteiger partial charge is 0.302 e. The minimum absolute atomic E-state index is 0.138.